The Bertz CT molecular complexity index is 2240. The molecule has 8 rings (SSSR count). The molecule has 0 nitrogen and oxygen atoms in total. The minimum absolute atomic E-state index is 0.584. The zero-order chi connectivity index (χ0) is 35.5. The normalized spacial score (nSPS) is 10.5. The van der Waals surface area contributed by atoms with Crippen molar-refractivity contribution in [2.75, 3.05) is 0 Å². The van der Waals surface area contributed by atoms with Crippen molar-refractivity contribution in [2.45, 2.75) is 39.8 Å². The first-order chi connectivity index (χ1) is 24.4. The fraction of sp³-hybridized carbons (Fsp3) is 0.130. The minimum atomic E-state index is -0.826. The third-order valence-electron chi connectivity index (χ3n) is 8.72. The van der Waals surface area contributed by atoms with Crippen molar-refractivity contribution in [3.8, 4) is 33.4 Å². The van der Waals surface area contributed by atoms with Crippen LogP contribution in [0.15, 0.2) is 158 Å². The van der Waals surface area contributed by atoms with Crippen molar-refractivity contribution in [1.82, 2.24) is 0 Å². The molecule has 2 radical (unpaired) electrons. The van der Waals surface area contributed by atoms with E-state index in [9.17, 15) is 0 Å². The summed E-state index contributed by atoms with van der Waals surface area (Å²) in [7, 11) is 11.0. The van der Waals surface area contributed by atoms with E-state index >= 15 is 0 Å². The van der Waals surface area contributed by atoms with Crippen LogP contribution in [0, 0.1) is 6.92 Å². The van der Waals surface area contributed by atoms with Gasteiger partial charge in [-0.2, -0.15) is 12.1 Å². The standard InChI is InChI=1S/C26H19.C18H17.C2H6Si.2ClH.Zr/c1-18-16-25-22(19-8-3-2-4-9-19)14-15-24(26(25)17-18)23-13-7-11-20-10-5-6-12-21(20)23;1-13(2)16-11-15-9-6-10-17(18(15)12-16)14-7-4-3-5-8-14;1-3-2;;;/h2-17H,1H3;3-13H,1-2H3;1-2H3;2*1H;/q2*-1;;;;+4/p-2. The van der Waals surface area contributed by atoms with Gasteiger partial charge in [0, 0.05) is 9.52 Å². The van der Waals surface area contributed by atoms with E-state index in [2.05, 4.69) is 192 Å². The molecule has 0 unspecified atom stereocenters. The van der Waals surface area contributed by atoms with Gasteiger partial charge < -0.3 is 0 Å². The van der Waals surface area contributed by atoms with Crippen LogP contribution in [0.25, 0.3) is 65.7 Å². The zero-order valence-corrected chi connectivity index (χ0v) is 34.3. The van der Waals surface area contributed by atoms with E-state index < -0.39 is 20.8 Å². The molecule has 0 fully saturated rings. The van der Waals surface area contributed by atoms with Crippen LogP contribution < -0.4 is 0 Å². The molecule has 0 aliphatic heterocycles. The van der Waals surface area contributed by atoms with E-state index in [1.807, 2.05) is 0 Å². The Kier molecular flexibility index (Phi) is 14.1. The Morgan fingerprint density at radius 2 is 1.06 bits per heavy atom. The van der Waals surface area contributed by atoms with Gasteiger partial charge in [-0.15, -0.1) is 56.9 Å². The number of rotatable bonds is 4. The Morgan fingerprint density at radius 1 is 0.540 bits per heavy atom. The Balaban J connectivity index is 0.000000176. The average Bonchev–Trinajstić information content (AvgIpc) is 3.77. The van der Waals surface area contributed by atoms with Gasteiger partial charge >= 0.3 is 37.9 Å². The number of hydrogen-bond donors (Lipinski definition) is 0. The first-order valence-corrected chi connectivity index (χ1v) is 25.3. The molecule has 8 aromatic carbocycles. The molecule has 0 aliphatic rings. The van der Waals surface area contributed by atoms with E-state index in [-0.39, 0.29) is 0 Å². The molecule has 0 heterocycles. The summed E-state index contributed by atoms with van der Waals surface area (Å²) < 4.78 is 0. The van der Waals surface area contributed by atoms with E-state index in [1.54, 1.807) is 0 Å². The summed E-state index contributed by atoms with van der Waals surface area (Å²) in [5.74, 6) is 0.584. The van der Waals surface area contributed by atoms with Crippen LogP contribution in [0.3, 0.4) is 0 Å². The topological polar surface area (TPSA) is 0 Å². The molecule has 0 bridgehead atoms. The SMILES string of the molecule is CC(C)c1cc2c(-c3ccccc3)cccc2[cH-]1.C[Si]C.Cc1cc2c(-c3cccc4ccccc34)ccc(-c3ccccc3)c2[cH-]1.[Cl][Zr+2][Cl]. The first-order valence-electron chi connectivity index (χ1n) is 16.9. The first kappa shape index (κ1) is 37.7. The summed E-state index contributed by atoms with van der Waals surface area (Å²) in [4.78, 5) is 0. The van der Waals surface area contributed by atoms with Crippen LogP contribution in [-0.4, -0.2) is 9.52 Å². The quantitative estimate of drug-likeness (QED) is 0.123. The van der Waals surface area contributed by atoms with Gasteiger partial charge in [0.15, 0.2) is 0 Å². The summed E-state index contributed by atoms with van der Waals surface area (Å²) in [5, 5.41) is 7.97. The molecule has 8 aromatic rings. The molecule has 0 N–H and O–H groups in total. The van der Waals surface area contributed by atoms with Gasteiger partial charge in [-0.25, -0.2) is 0 Å². The van der Waals surface area contributed by atoms with E-state index in [4.69, 9.17) is 17.0 Å². The number of aryl methyl sites for hydroxylation is 1. The van der Waals surface area contributed by atoms with Crippen molar-refractivity contribution in [3.05, 3.63) is 169 Å². The van der Waals surface area contributed by atoms with E-state index in [1.165, 1.54) is 76.8 Å². The Morgan fingerprint density at radius 3 is 1.72 bits per heavy atom. The zero-order valence-electron chi connectivity index (χ0n) is 29.3. The maximum atomic E-state index is 4.93. The Labute approximate surface area is 319 Å². The monoisotopic (exact) mass is 782 g/mol. The van der Waals surface area contributed by atoms with Gasteiger partial charge in [-0.1, -0.05) is 177 Å². The third-order valence-corrected chi connectivity index (χ3v) is 8.72. The second-order valence-corrected chi connectivity index (χ2v) is 17.3. The molecular formula is C46H42Cl2SiZr. The predicted molar refractivity (Wildman–Crippen MR) is 221 cm³/mol. The molecule has 50 heavy (non-hydrogen) atoms. The molecular weight excluding hydrogens is 743 g/mol. The maximum absolute atomic E-state index is 4.93. The molecule has 0 saturated heterocycles. The van der Waals surface area contributed by atoms with Gasteiger partial charge in [-0.3, -0.25) is 0 Å². The molecule has 0 spiro atoms. The molecule has 0 aliphatic carbocycles. The van der Waals surface area contributed by atoms with Crippen molar-refractivity contribution in [1.29, 1.82) is 0 Å². The van der Waals surface area contributed by atoms with Gasteiger partial charge in [0.05, 0.1) is 0 Å². The predicted octanol–water partition coefficient (Wildman–Crippen LogP) is 14.9. The fourth-order valence-corrected chi connectivity index (χ4v) is 6.47. The summed E-state index contributed by atoms with van der Waals surface area (Å²) >= 11 is -0.826. The van der Waals surface area contributed by atoms with Gasteiger partial charge in [0.2, 0.25) is 0 Å². The van der Waals surface area contributed by atoms with Gasteiger partial charge in [-0.05, 0) is 27.8 Å². The van der Waals surface area contributed by atoms with Gasteiger partial charge in [0.1, 0.15) is 0 Å². The summed E-state index contributed by atoms with van der Waals surface area (Å²) in [6.45, 7) is 11.0. The molecule has 0 aromatic heterocycles. The number of fused-ring (bicyclic) bond motifs is 3. The molecule has 0 amide bonds. The van der Waals surface area contributed by atoms with Crippen LogP contribution in [0.2, 0.25) is 13.1 Å². The van der Waals surface area contributed by atoms with Crippen molar-refractivity contribution in [2.24, 2.45) is 0 Å². The number of benzene rings is 6. The average molecular weight is 785 g/mol. The van der Waals surface area contributed by atoms with Crippen LogP contribution in [0.4, 0.5) is 0 Å². The molecule has 248 valence electrons. The van der Waals surface area contributed by atoms with Crippen LogP contribution in [-0.2, 0) is 20.8 Å². The second-order valence-electron chi connectivity index (χ2n) is 12.6. The Hall–Kier alpha value is -3.52. The van der Waals surface area contributed by atoms with Crippen LogP contribution >= 0.6 is 17.0 Å². The van der Waals surface area contributed by atoms with Crippen molar-refractivity contribution < 1.29 is 20.8 Å². The van der Waals surface area contributed by atoms with Gasteiger partial charge in [0.25, 0.3) is 0 Å². The number of hydrogen-bond acceptors (Lipinski definition) is 0. The molecule has 4 heteroatoms. The summed E-state index contributed by atoms with van der Waals surface area (Å²) in [5.41, 5.74) is 10.6. The van der Waals surface area contributed by atoms with E-state index in [0.717, 1.165) is 9.52 Å². The third kappa shape index (κ3) is 9.03. The van der Waals surface area contributed by atoms with Crippen molar-refractivity contribution >= 4 is 58.9 Å². The number of halogens is 2. The van der Waals surface area contributed by atoms with E-state index in [0.29, 0.717) is 5.92 Å². The fourth-order valence-electron chi connectivity index (χ4n) is 6.47. The van der Waals surface area contributed by atoms with Crippen LogP contribution in [0.1, 0.15) is 30.9 Å². The van der Waals surface area contributed by atoms with Crippen LogP contribution in [0.5, 0.6) is 0 Å². The molecule has 0 saturated carbocycles. The summed E-state index contributed by atoms with van der Waals surface area (Å²) in [6, 6.07) is 56.9. The van der Waals surface area contributed by atoms with Crippen molar-refractivity contribution in [3.63, 3.8) is 0 Å². The molecule has 0 atom stereocenters. The summed E-state index contributed by atoms with van der Waals surface area (Å²) in [6.07, 6.45) is 0. The second kappa shape index (κ2) is 18.6.